The molecule has 2 aliphatic heterocycles. The number of methoxy groups -OCH3 is 1. The highest BCUT2D eigenvalue weighted by molar-refractivity contribution is 5.89. The van der Waals surface area contributed by atoms with E-state index in [9.17, 15) is 14.3 Å². The number of halogens is 1. The summed E-state index contributed by atoms with van der Waals surface area (Å²) in [5.74, 6) is 0.959. The molecule has 3 aromatic rings. The van der Waals surface area contributed by atoms with E-state index in [-0.39, 0.29) is 35.7 Å². The fourth-order valence-electron chi connectivity index (χ4n) is 6.65. The van der Waals surface area contributed by atoms with Crippen molar-refractivity contribution in [2.24, 2.45) is 5.92 Å². The molecule has 0 radical (unpaired) electrons. The Labute approximate surface area is 204 Å². The Hall–Kier alpha value is -2.90. The lowest BCUT2D eigenvalue weighted by molar-refractivity contribution is -0.145. The Morgan fingerprint density at radius 3 is 2.66 bits per heavy atom. The molecule has 184 valence electrons. The second kappa shape index (κ2) is 8.64. The van der Waals surface area contributed by atoms with Crippen molar-refractivity contribution in [2.75, 3.05) is 33.4 Å². The highest BCUT2D eigenvalue weighted by Gasteiger charge is 2.54. The van der Waals surface area contributed by atoms with Crippen LogP contribution in [0.1, 0.15) is 48.5 Å². The maximum atomic E-state index is 14.6. The van der Waals surface area contributed by atoms with Crippen LogP contribution in [0, 0.1) is 11.7 Å². The third-order valence-electron chi connectivity index (χ3n) is 8.35. The van der Waals surface area contributed by atoms with E-state index in [1.165, 1.54) is 11.6 Å². The van der Waals surface area contributed by atoms with Crippen molar-refractivity contribution in [3.05, 3.63) is 65.1 Å². The van der Waals surface area contributed by atoms with Crippen molar-refractivity contribution in [2.45, 2.75) is 43.7 Å². The summed E-state index contributed by atoms with van der Waals surface area (Å²) in [6, 6.07) is 12.6. The van der Waals surface area contributed by atoms with Gasteiger partial charge >= 0.3 is 0 Å². The van der Waals surface area contributed by atoms with E-state index < -0.39 is 0 Å². The van der Waals surface area contributed by atoms with E-state index in [2.05, 4.69) is 16.0 Å². The number of fused-ring (bicyclic) bond motifs is 4. The third kappa shape index (κ3) is 3.64. The number of hydrogen-bond donors (Lipinski definition) is 2. The van der Waals surface area contributed by atoms with E-state index in [0.717, 1.165) is 48.0 Å². The molecular formula is C28H32FN3O3. The molecule has 2 N–H and O–H groups in total. The van der Waals surface area contributed by atoms with Crippen LogP contribution in [0.15, 0.2) is 42.5 Å². The van der Waals surface area contributed by atoms with Gasteiger partial charge in [0.05, 0.1) is 19.8 Å². The number of benzene rings is 2. The average molecular weight is 478 g/mol. The van der Waals surface area contributed by atoms with Crippen LogP contribution in [0.5, 0.6) is 5.75 Å². The Balaban J connectivity index is 1.40. The molecule has 7 heteroatoms. The van der Waals surface area contributed by atoms with Gasteiger partial charge in [-0.15, -0.1) is 0 Å². The van der Waals surface area contributed by atoms with Gasteiger partial charge in [0.15, 0.2) is 0 Å². The minimum Gasteiger partial charge on any atom is -0.497 e. The zero-order valence-corrected chi connectivity index (χ0v) is 20.1. The zero-order valence-electron chi connectivity index (χ0n) is 20.1. The second-order valence-electron chi connectivity index (χ2n) is 10.5. The molecule has 1 saturated carbocycles. The van der Waals surface area contributed by atoms with Crippen LogP contribution < -0.4 is 4.74 Å². The van der Waals surface area contributed by atoms with Gasteiger partial charge in [-0.25, -0.2) is 4.39 Å². The van der Waals surface area contributed by atoms with Gasteiger partial charge in [0.1, 0.15) is 11.6 Å². The lowest BCUT2D eigenvalue weighted by atomic mass is 9.68. The maximum absolute atomic E-state index is 14.6. The number of likely N-dealkylation sites (tertiary alicyclic amines) is 1. The number of aromatic nitrogens is 1. The number of nitrogens with one attached hydrogen (secondary N) is 1. The van der Waals surface area contributed by atoms with Gasteiger partial charge in [0.2, 0.25) is 5.91 Å². The predicted octanol–water partition coefficient (Wildman–Crippen LogP) is 4.14. The molecule has 0 unspecified atom stereocenters. The van der Waals surface area contributed by atoms with Gasteiger partial charge in [-0.3, -0.25) is 9.69 Å². The summed E-state index contributed by atoms with van der Waals surface area (Å²) in [6.07, 6.45) is 4.26. The van der Waals surface area contributed by atoms with Gasteiger partial charge in [0.25, 0.3) is 0 Å². The molecule has 1 aliphatic carbocycles. The molecule has 2 aromatic carbocycles. The lowest BCUT2D eigenvalue weighted by Crippen LogP contribution is -2.68. The van der Waals surface area contributed by atoms with Crippen LogP contribution in [-0.2, 0) is 16.8 Å². The van der Waals surface area contributed by atoms with E-state index in [4.69, 9.17) is 4.74 Å². The SMILES string of the molecule is COc1ccc2c3c([nH]c2c1)[C@@H](CO)N(Cc1ccccc1F)CC31CN(C(=O)C2CCCC2)C1. The summed E-state index contributed by atoms with van der Waals surface area (Å²) in [5, 5.41) is 11.6. The molecule has 3 aliphatic rings. The first-order chi connectivity index (χ1) is 17.0. The van der Waals surface area contributed by atoms with Crippen molar-refractivity contribution in [3.63, 3.8) is 0 Å². The lowest BCUT2D eigenvalue weighted by Gasteiger charge is -2.56. The first-order valence-electron chi connectivity index (χ1n) is 12.6. The van der Waals surface area contributed by atoms with E-state index in [1.54, 1.807) is 19.2 Å². The summed E-state index contributed by atoms with van der Waals surface area (Å²) in [5.41, 5.74) is 3.47. The van der Waals surface area contributed by atoms with Gasteiger partial charge in [-0.1, -0.05) is 31.0 Å². The van der Waals surface area contributed by atoms with Crippen molar-refractivity contribution in [1.29, 1.82) is 0 Å². The van der Waals surface area contributed by atoms with Crippen molar-refractivity contribution in [1.82, 2.24) is 14.8 Å². The number of H-pyrrole nitrogens is 1. The number of carbonyl (C=O) groups is 1. The van der Waals surface area contributed by atoms with Gasteiger partial charge in [-0.05, 0) is 36.6 Å². The number of ether oxygens (including phenoxy) is 1. The minimum absolute atomic E-state index is 0.0772. The molecule has 1 spiro atoms. The average Bonchev–Trinajstić information content (AvgIpc) is 3.51. The number of aromatic amines is 1. The molecule has 6 nitrogen and oxygen atoms in total. The van der Waals surface area contributed by atoms with Crippen LogP contribution in [0.3, 0.4) is 0 Å². The molecule has 1 atom stereocenters. The van der Waals surface area contributed by atoms with Crippen molar-refractivity contribution in [3.8, 4) is 5.75 Å². The normalized spacial score (nSPS) is 21.9. The molecular weight excluding hydrogens is 445 g/mol. The van der Waals surface area contributed by atoms with E-state index in [0.29, 0.717) is 31.7 Å². The molecule has 2 fully saturated rings. The number of hydrogen-bond acceptors (Lipinski definition) is 4. The second-order valence-corrected chi connectivity index (χ2v) is 10.5. The smallest absolute Gasteiger partial charge is 0.225 e. The highest BCUT2D eigenvalue weighted by atomic mass is 19.1. The number of amides is 1. The molecule has 1 saturated heterocycles. The zero-order chi connectivity index (χ0) is 24.2. The highest BCUT2D eigenvalue weighted by Crippen LogP contribution is 2.49. The number of aliphatic hydroxyl groups excluding tert-OH is 1. The summed E-state index contributed by atoms with van der Waals surface area (Å²) < 4.78 is 20.0. The number of aliphatic hydroxyl groups is 1. The Morgan fingerprint density at radius 2 is 1.94 bits per heavy atom. The van der Waals surface area contributed by atoms with Crippen LogP contribution in [-0.4, -0.2) is 59.1 Å². The standard InChI is InChI=1S/C28H32FN3O3/c1-35-20-10-11-21-23(12-20)30-26-24(14-33)31(13-19-8-4-5-9-22(19)29)15-28(25(21)26)16-32(17-28)27(34)18-6-2-3-7-18/h4-5,8-12,18,24,30,33H,2-3,6-7,13-17H2,1H3/t24-/m1/s1. The fourth-order valence-corrected chi connectivity index (χ4v) is 6.65. The topological polar surface area (TPSA) is 68.8 Å². The first-order valence-corrected chi connectivity index (χ1v) is 12.6. The third-order valence-corrected chi connectivity index (χ3v) is 8.35. The first kappa shape index (κ1) is 22.6. The Morgan fingerprint density at radius 1 is 1.17 bits per heavy atom. The minimum atomic E-state index is -0.284. The molecule has 1 amide bonds. The Bertz CT molecular complexity index is 1260. The number of nitrogens with zero attached hydrogens (tertiary/aromatic N) is 2. The summed E-state index contributed by atoms with van der Waals surface area (Å²) in [6.45, 7) is 2.29. The summed E-state index contributed by atoms with van der Waals surface area (Å²) >= 11 is 0. The molecule has 35 heavy (non-hydrogen) atoms. The van der Waals surface area contributed by atoms with Crippen LogP contribution in [0.4, 0.5) is 4.39 Å². The largest absolute Gasteiger partial charge is 0.497 e. The van der Waals surface area contributed by atoms with Gasteiger partial charge in [0, 0.05) is 65.7 Å². The van der Waals surface area contributed by atoms with Crippen molar-refractivity contribution < 1.29 is 19.0 Å². The molecule has 0 bridgehead atoms. The number of carbonyl (C=O) groups excluding carboxylic acids is 1. The van der Waals surface area contributed by atoms with Crippen LogP contribution in [0.2, 0.25) is 0 Å². The van der Waals surface area contributed by atoms with Gasteiger partial charge in [-0.2, -0.15) is 0 Å². The quantitative estimate of drug-likeness (QED) is 0.580. The monoisotopic (exact) mass is 477 g/mol. The molecule has 1 aromatic heterocycles. The van der Waals surface area contributed by atoms with E-state index in [1.807, 2.05) is 23.1 Å². The van der Waals surface area contributed by atoms with Crippen molar-refractivity contribution >= 4 is 16.8 Å². The van der Waals surface area contributed by atoms with Crippen LogP contribution in [0.25, 0.3) is 10.9 Å². The van der Waals surface area contributed by atoms with Crippen LogP contribution >= 0.6 is 0 Å². The summed E-state index contributed by atoms with van der Waals surface area (Å²) in [7, 11) is 1.65. The Kier molecular flexibility index (Phi) is 5.57. The fraction of sp³-hybridized carbons (Fsp3) is 0.464. The predicted molar refractivity (Wildman–Crippen MR) is 132 cm³/mol. The van der Waals surface area contributed by atoms with Gasteiger partial charge < -0.3 is 19.7 Å². The molecule has 6 rings (SSSR count). The molecule has 3 heterocycles. The summed E-state index contributed by atoms with van der Waals surface area (Å²) in [4.78, 5) is 20.9. The number of rotatable bonds is 5. The van der Waals surface area contributed by atoms with E-state index >= 15 is 0 Å². The maximum Gasteiger partial charge on any atom is 0.225 e.